The van der Waals surface area contributed by atoms with Crippen molar-refractivity contribution < 1.29 is 8.78 Å². The number of aryl methyl sites for hydroxylation is 1. The lowest BCUT2D eigenvalue weighted by molar-refractivity contribution is 0.575. The van der Waals surface area contributed by atoms with Crippen LogP contribution in [0.25, 0.3) is 0 Å². The quantitative estimate of drug-likeness (QED) is 0.895. The minimum atomic E-state index is -0.680. The molecule has 0 unspecified atom stereocenters. The van der Waals surface area contributed by atoms with E-state index in [-0.39, 0.29) is 5.82 Å². The van der Waals surface area contributed by atoms with Crippen LogP contribution in [0.15, 0.2) is 36.5 Å². The Labute approximate surface area is 105 Å². The molecule has 0 amide bonds. The number of aromatic nitrogens is 1. The first-order valence-corrected chi connectivity index (χ1v) is 5.81. The summed E-state index contributed by atoms with van der Waals surface area (Å²) in [6.45, 7) is 2.55. The summed E-state index contributed by atoms with van der Waals surface area (Å²) in [5.41, 5.74) is 2.28. The van der Waals surface area contributed by atoms with Gasteiger partial charge in [0.15, 0.2) is 11.6 Å². The van der Waals surface area contributed by atoms with Crippen molar-refractivity contribution in [2.75, 3.05) is 5.32 Å². The molecule has 2 aromatic rings. The Bertz CT molecular complexity index is 524. The molecule has 0 radical (unpaired) electrons. The third-order valence-electron chi connectivity index (χ3n) is 2.70. The molecule has 4 heteroatoms. The smallest absolute Gasteiger partial charge is 0.168 e. The first-order valence-electron chi connectivity index (χ1n) is 5.81. The van der Waals surface area contributed by atoms with Gasteiger partial charge >= 0.3 is 0 Å². The van der Waals surface area contributed by atoms with E-state index in [0.29, 0.717) is 6.54 Å². The van der Waals surface area contributed by atoms with Gasteiger partial charge in [0.2, 0.25) is 0 Å². The van der Waals surface area contributed by atoms with Crippen molar-refractivity contribution in [1.29, 1.82) is 0 Å². The molecule has 2 nitrogen and oxygen atoms in total. The molecule has 0 aliphatic carbocycles. The molecule has 0 saturated carbocycles. The third-order valence-corrected chi connectivity index (χ3v) is 2.70. The van der Waals surface area contributed by atoms with Gasteiger partial charge in [0.25, 0.3) is 0 Å². The summed E-state index contributed by atoms with van der Waals surface area (Å²) < 4.78 is 26.0. The average Bonchev–Trinajstić information content (AvgIpc) is 2.38. The number of nitrogens with one attached hydrogen (secondary N) is 1. The fraction of sp³-hybridized carbons (Fsp3) is 0.214. The molecule has 0 bridgehead atoms. The Hall–Kier alpha value is -1.97. The van der Waals surface area contributed by atoms with Gasteiger partial charge in [0, 0.05) is 12.6 Å². The maximum atomic E-state index is 13.3. The second-order valence-corrected chi connectivity index (χ2v) is 4.01. The predicted molar refractivity (Wildman–Crippen MR) is 67.3 cm³/mol. The first-order chi connectivity index (χ1) is 8.69. The Morgan fingerprint density at radius 1 is 1.11 bits per heavy atom. The van der Waals surface area contributed by atoms with Crippen LogP contribution in [-0.4, -0.2) is 4.98 Å². The van der Waals surface area contributed by atoms with Gasteiger partial charge in [-0.3, -0.25) is 0 Å². The van der Waals surface area contributed by atoms with Crippen LogP contribution in [0.1, 0.15) is 18.1 Å². The van der Waals surface area contributed by atoms with Crippen molar-refractivity contribution in [1.82, 2.24) is 4.98 Å². The van der Waals surface area contributed by atoms with Gasteiger partial charge in [0.1, 0.15) is 5.82 Å². The lowest BCUT2D eigenvalue weighted by Gasteiger charge is -2.07. The van der Waals surface area contributed by atoms with Gasteiger partial charge in [-0.2, -0.15) is 0 Å². The van der Waals surface area contributed by atoms with E-state index in [1.807, 2.05) is 24.3 Å². The summed E-state index contributed by atoms with van der Waals surface area (Å²) in [7, 11) is 0. The molecule has 0 aliphatic rings. The maximum absolute atomic E-state index is 13.3. The van der Waals surface area contributed by atoms with Crippen LogP contribution in [0.5, 0.6) is 0 Å². The third kappa shape index (κ3) is 3.03. The Balaban J connectivity index is 2.02. The minimum Gasteiger partial charge on any atom is -0.364 e. The van der Waals surface area contributed by atoms with Crippen LogP contribution in [0, 0.1) is 11.6 Å². The number of benzene rings is 1. The van der Waals surface area contributed by atoms with E-state index in [4.69, 9.17) is 0 Å². The van der Waals surface area contributed by atoms with Crippen molar-refractivity contribution >= 4 is 5.82 Å². The fourth-order valence-corrected chi connectivity index (χ4v) is 1.62. The molecule has 18 heavy (non-hydrogen) atoms. The largest absolute Gasteiger partial charge is 0.364 e. The van der Waals surface area contributed by atoms with Crippen LogP contribution in [-0.2, 0) is 13.0 Å². The normalized spacial score (nSPS) is 10.4. The predicted octanol–water partition coefficient (Wildman–Crippen LogP) is 3.53. The van der Waals surface area contributed by atoms with Gasteiger partial charge in [-0.1, -0.05) is 31.2 Å². The SMILES string of the molecule is CCc1ccc(CNc2ncc(F)cc2F)cc1. The molecular weight excluding hydrogens is 234 g/mol. The van der Waals surface area contributed by atoms with Crippen LogP contribution in [0.2, 0.25) is 0 Å². The molecule has 0 atom stereocenters. The molecule has 2 rings (SSSR count). The van der Waals surface area contributed by atoms with Crippen molar-refractivity contribution in [2.45, 2.75) is 19.9 Å². The maximum Gasteiger partial charge on any atom is 0.168 e. The molecule has 1 aromatic carbocycles. The summed E-state index contributed by atoms with van der Waals surface area (Å²) in [6.07, 6.45) is 1.98. The Morgan fingerprint density at radius 2 is 1.78 bits per heavy atom. The topological polar surface area (TPSA) is 24.9 Å². The molecule has 1 aromatic heterocycles. The van der Waals surface area contributed by atoms with Crippen molar-refractivity contribution in [3.05, 3.63) is 59.3 Å². The molecule has 0 aliphatic heterocycles. The van der Waals surface area contributed by atoms with Crippen LogP contribution in [0.4, 0.5) is 14.6 Å². The van der Waals surface area contributed by atoms with Crippen molar-refractivity contribution in [2.24, 2.45) is 0 Å². The van der Waals surface area contributed by atoms with Crippen molar-refractivity contribution in [3.63, 3.8) is 0 Å². The number of nitrogens with zero attached hydrogens (tertiary/aromatic N) is 1. The highest BCUT2D eigenvalue weighted by atomic mass is 19.1. The molecule has 1 heterocycles. The lowest BCUT2D eigenvalue weighted by atomic mass is 10.1. The summed E-state index contributed by atoms with van der Waals surface area (Å²) in [6, 6.07) is 8.84. The number of hydrogen-bond donors (Lipinski definition) is 1. The summed E-state index contributed by atoms with van der Waals surface area (Å²) in [5, 5.41) is 2.84. The number of halogens is 2. The first kappa shape index (κ1) is 12.5. The van der Waals surface area contributed by atoms with Crippen LogP contribution >= 0.6 is 0 Å². The highest BCUT2D eigenvalue weighted by Crippen LogP contribution is 2.13. The number of pyridine rings is 1. The van der Waals surface area contributed by atoms with Gasteiger partial charge in [-0.15, -0.1) is 0 Å². The average molecular weight is 248 g/mol. The highest BCUT2D eigenvalue weighted by molar-refractivity contribution is 5.37. The molecule has 0 saturated heterocycles. The van der Waals surface area contributed by atoms with E-state index in [2.05, 4.69) is 17.2 Å². The molecule has 0 spiro atoms. The fourth-order valence-electron chi connectivity index (χ4n) is 1.62. The van der Waals surface area contributed by atoms with Crippen molar-refractivity contribution in [3.8, 4) is 0 Å². The van der Waals surface area contributed by atoms with Gasteiger partial charge in [-0.25, -0.2) is 13.8 Å². The second kappa shape index (κ2) is 5.58. The number of hydrogen-bond acceptors (Lipinski definition) is 2. The molecular formula is C14H14F2N2. The lowest BCUT2D eigenvalue weighted by Crippen LogP contribution is -2.04. The van der Waals surface area contributed by atoms with E-state index in [1.54, 1.807) is 0 Å². The standard InChI is InChI=1S/C14H14F2N2/c1-2-10-3-5-11(6-4-10)8-17-14-13(16)7-12(15)9-18-14/h3-7,9H,2,8H2,1H3,(H,17,18). The second-order valence-electron chi connectivity index (χ2n) is 4.01. The zero-order valence-electron chi connectivity index (χ0n) is 10.1. The summed E-state index contributed by atoms with van der Waals surface area (Å²) in [4.78, 5) is 3.67. The zero-order valence-corrected chi connectivity index (χ0v) is 10.1. The number of rotatable bonds is 4. The van der Waals surface area contributed by atoms with Crippen LogP contribution < -0.4 is 5.32 Å². The molecule has 94 valence electrons. The minimum absolute atomic E-state index is 0.0657. The van der Waals surface area contributed by atoms with E-state index in [9.17, 15) is 8.78 Å². The molecule has 0 fully saturated rings. The van der Waals surface area contributed by atoms with Gasteiger partial charge in [-0.05, 0) is 17.5 Å². The Kier molecular flexibility index (Phi) is 3.87. The monoisotopic (exact) mass is 248 g/mol. The van der Waals surface area contributed by atoms with E-state index in [0.717, 1.165) is 24.2 Å². The van der Waals surface area contributed by atoms with E-state index in [1.165, 1.54) is 5.56 Å². The van der Waals surface area contributed by atoms with E-state index >= 15 is 0 Å². The summed E-state index contributed by atoms with van der Waals surface area (Å²) >= 11 is 0. The number of anilines is 1. The highest BCUT2D eigenvalue weighted by Gasteiger charge is 2.04. The Morgan fingerprint density at radius 3 is 2.39 bits per heavy atom. The van der Waals surface area contributed by atoms with Crippen LogP contribution in [0.3, 0.4) is 0 Å². The van der Waals surface area contributed by atoms with Gasteiger partial charge < -0.3 is 5.32 Å². The zero-order chi connectivity index (χ0) is 13.0. The molecule has 1 N–H and O–H groups in total. The van der Waals surface area contributed by atoms with E-state index < -0.39 is 11.6 Å². The summed E-state index contributed by atoms with van der Waals surface area (Å²) in [5.74, 6) is -1.29. The van der Waals surface area contributed by atoms with Gasteiger partial charge in [0.05, 0.1) is 6.20 Å².